The number of nitrogens with one attached hydrogen (secondary N) is 1. The molecule has 2 aromatic rings. The van der Waals surface area contributed by atoms with E-state index >= 15 is 0 Å². The number of hydrogen-bond donors (Lipinski definition) is 1. The van der Waals surface area contributed by atoms with Crippen molar-refractivity contribution in [2.45, 2.75) is 38.9 Å². The molecule has 1 heterocycles. The van der Waals surface area contributed by atoms with E-state index in [9.17, 15) is 9.59 Å². The third-order valence-corrected chi connectivity index (χ3v) is 5.76. The topological polar surface area (TPSA) is 71.1 Å². The number of benzene rings is 2. The second-order valence-electron chi connectivity index (χ2n) is 8.11. The van der Waals surface area contributed by atoms with Crippen LogP contribution in [-0.4, -0.2) is 73.1 Å². The van der Waals surface area contributed by atoms with Crippen LogP contribution in [0, 0.1) is 0 Å². The zero-order valence-corrected chi connectivity index (χ0v) is 19.6. The molecule has 1 fully saturated rings. The predicted octanol–water partition coefficient (Wildman–Crippen LogP) is 2.96. The van der Waals surface area contributed by atoms with Crippen LogP contribution in [0.5, 0.6) is 11.5 Å². The van der Waals surface area contributed by atoms with Gasteiger partial charge in [-0.25, -0.2) is 0 Å². The van der Waals surface area contributed by atoms with Crippen molar-refractivity contribution in [2.75, 3.05) is 39.3 Å². The molecule has 1 aliphatic rings. The van der Waals surface area contributed by atoms with Gasteiger partial charge >= 0.3 is 0 Å². The molecule has 3 rings (SSSR count). The number of carbonyl (C=O) groups is 2. The van der Waals surface area contributed by atoms with Crippen molar-refractivity contribution >= 4 is 11.8 Å². The van der Waals surface area contributed by atoms with Crippen molar-refractivity contribution in [3.63, 3.8) is 0 Å². The Labute approximate surface area is 196 Å². The van der Waals surface area contributed by atoms with Gasteiger partial charge in [-0.3, -0.25) is 14.5 Å². The molecule has 7 heteroatoms. The first kappa shape index (κ1) is 24.6. The van der Waals surface area contributed by atoms with Gasteiger partial charge in [-0.15, -0.1) is 0 Å². The van der Waals surface area contributed by atoms with Gasteiger partial charge in [0.2, 0.25) is 0 Å². The zero-order valence-electron chi connectivity index (χ0n) is 19.6. The van der Waals surface area contributed by atoms with E-state index in [1.54, 1.807) is 0 Å². The van der Waals surface area contributed by atoms with Crippen LogP contribution in [0.15, 0.2) is 60.7 Å². The van der Waals surface area contributed by atoms with Gasteiger partial charge in [0.05, 0.1) is 0 Å². The summed E-state index contributed by atoms with van der Waals surface area (Å²) in [6, 6.07) is 18.9. The van der Waals surface area contributed by atoms with Crippen molar-refractivity contribution in [2.24, 2.45) is 0 Å². The first-order chi connectivity index (χ1) is 16.1. The summed E-state index contributed by atoms with van der Waals surface area (Å²) >= 11 is 0. The first-order valence-corrected chi connectivity index (χ1v) is 11.8. The molecule has 0 aliphatic carbocycles. The largest absolute Gasteiger partial charge is 0.481 e. The van der Waals surface area contributed by atoms with Crippen molar-refractivity contribution in [1.29, 1.82) is 0 Å². The third kappa shape index (κ3) is 7.49. The van der Waals surface area contributed by atoms with E-state index in [4.69, 9.17) is 9.47 Å². The van der Waals surface area contributed by atoms with Crippen molar-refractivity contribution < 1.29 is 19.1 Å². The minimum atomic E-state index is -0.502. The number of piperazine rings is 1. The summed E-state index contributed by atoms with van der Waals surface area (Å²) in [4.78, 5) is 29.6. The van der Waals surface area contributed by atoms with Crippen LogP contribution in [0.1, 0.15) is 26.7 Å². The van der Waals surface area contributed by atoms with E-state index in [0.717, 1.165) is 19.6 Å². The Bertz CT molecular complexity index is 852. The summed E-state index contributed by atoms with van der Waals surface area (Å²) < 4.78 is 11.7. The maximum absolute atomic E-state index is 12.9. The average molecular weight is 454 g/mol. The highest BCUT2D eigenvalue weighted by atomic mass is 16.5. The maximum Gasteiger partial charge on any atom is 0.263 e. The standard InChI is InChI=1S/C26H35N3O4/c1-3-23(32-21-11-7-5-8-12-21)25(30)27-15-16-28-17-19-29(20-18-28)26(31)24(4-2)33-22-13-9-6-10-14-22/h5-14,23-24H,3-4,15-20H2,1-2H3,(H,27,30)/t23-,24-/m1/s1. The fourth-order valence-corrected chi connectivity index (χ4v) is 3.80. The smallest absolute Gasteiger partial charge is 0.263 e. The second-order valence-corrected chi connectivity index (χ2v) is 8.11. The van der Waals surface area contributed by atoms with Crippen molar-refractivity contribution in [3.05, 3.63) is 60.7 Å². The molecule has 0 bridgehead atoms. The highest BCUT2D eigenvalue weighted by molar-refractivity contribution is 5.81. The van der Waals surface area contributed by atoms with Crippen LogP contribution in [-0.2, 0) is 9.59 Å². The lowest BCUT2D eigenvalue weighted by Gasteiger charge is -2.36. The fourth-order valence-electron chi connectivity index (χ4n) is 3.80. The van der Waals surface area contributed by atoms with E-state index in [-0.39, 0.29) is 11.8 Å². The molecule has 1 N–H and O–H groups in total. The fraction of sp³-hybridized carbons (Fsp3) is 0.462. The van der Waals surface area contributed by atoms with Gasteiger partial charge in [0.25, 0.3) is 11.8 Å². The Morgan fingerprint density at radius 3 is 1.85 bits per heavy atom. The maximum atomic E-state index is 12.9. The van der Waals surface area contributed by atoms with Gasteiger partial charge < -0.3 is 19.7 Å². The number of nitrogens with zero attached hydrogens (tertiary/aromatic N) is 2. The molecule has 1 saturated heterocycles. The second kappa shape index (κ2) is 12.8. The minimum Gasteiger partial charge on any atom is -0.481 e. The monoisotopic (exact) mass is 453 g/mol. The molecule has 2 atom stereocenters. The van der Waals surface area contributed by atoms with Crippen molar-refractivity contribution in [3.8, 4) is 11.5 Å². The predicted molar refractivity (Wildman–Crippen MR) is 128 cm³/mol. The molecule has 7 nitrogen and oxygen atoms in total. The average Bonchev–Trinajstić information content (AvgIpc) is 2.87. The summed E-state index contributed by atoms with van der Waals surface area (Å²) in [7, 11) is 0. The number of ether oxygens (including phenoxy) is 2. The number of rotatable bonds is 11. The number of carbonyl (C=O) groups excluding carboxylic acids is 2. The Morgan fingerprint density at radius 2 is 1.33 bits per heavy atom. The van der Waals surface area contributed by atoms with Gasteiger partial charge in [-0.05, 0) is 37.1 Å². The molecule has 2 aromatic carbocycles. The lowest BCUT2D eigenvalue weighted by atomic mass is 10.2. The van der Waals surface area contributed by atoms with E-state index in [0.29, 0.717) is 44.0 Å². The Kier molecular flexibility index (Phi) is 9.57. The zero-order chi connectivity index (χ0) is 23.5. The minimum absolute atomic E-state index is 0.0400. The van der Waals surface area contributed by atoms with Gasteiger partial charge in [-0.2, -0.15) is 0 Å². The molecule has 178 valence electrons. The lowest BCUT2D eigenvalue weighted by Crippen LogP contribution is -2.53. The van der Waals surface area contributed by atoms with Crippen LogP contribution < -0.4 is 14.8 Å². The summed E-state index contributed by atoms with van der Waals surface area (Å²) in [6.07, 6.45) is 0.265. The molecule has 0 aromatic heterocycles. The quantitative estimate of drug-likeness (QED) is 0.567. The van der Waals surface area contributed by atoms with Gasteiger partial charge in [0.1, 0.15) is 11.5 Å². The van der Waals surface area contributed by atoms with Gasteiger partial charge in [0, 0.05) is 39.3 Å². The summed E-state index contributed by atoms with van der Waals surface area (Å²) in [5, 5.41) is 2.98. The molecule has 0 saturated carbocycles. The molecular weight excluding hydrogens is 418 g/mol. The van der Waals surface area contributed by atoms with Crippen LogP contribution in [0.4, 0.5) is 0 Å². The Hall–Kier alpha value is -3.06. The van der Waals surface area contributed by atoms with Gasteiger partial charge in [-0.1, -0.05) is 50.2 Å². The molecule has 0 spiro atoms. The molecule has 33 heavy (non-hydrogen) atoms. The molecular formula is C26H35N3O4. The number of amides is 2. The lowest BCUT2D eigenvalue weighted by molar-refractivity contribution is -0.140. The summed E-state index contributed by atoms with van der Waals surface area (Å²) in [5.41, 5.74) is 0. The van der Waals surface area contributed by atoms with E-state index in [2.05, 4.69) is 10.2 Å². The molecule has 1 aliphatic heterocycles. The molecule has 0 radical (unpaired) electrons. The Balaban J connectivity index is 1.38. The summed E-state index contributed by atoms with van der Waals surface area (Å²) in [5.74, 6) is 1.35. The van der Waals surface area contributed by atoms with E-state index < -0.39 is 12.2 Å². The van der Waals surface area contributed by atoms with Crippen LogP contribution >= 0.6 is 0 Å². The van der Waals surface area contributed by atoms with Crippen LogP contribution in [0.3, 0.4) is 0 Å². The van der Waals surface area contributed by atoms with E-state index in [1.807, 2.05) is 79.4 Å². The normalized spacial score (nSPS) is 16.0. The van der Waals surface area contributed by atoms with E-state index in [1.165, 1.54) is 0 Å². The first-order valence-electron chi connectivity index (χ1n) is 11.8. The summed E-state index contributed by atoms with van der Waals surface area (Å²) in [6.45, 7) is 8.09. The van der Waals surface area contributed by atoms with Crippen molar-refractivity contribution in [1.82, 2.24) is 15.1 Å². The van der Waals surface area contributed by atoms with Crippen LogP contribution in [0.25, 0.3) is 0 Å². The number of para-hydroxylation sites is 2. The number of hydrogen-bond acceptors (Lipinski definition) is 5. The SMILES string of the molecule is CC[C@@H](Oc1ccccc1)C(=O)NCCN1CCN(C(=O)[C@@H](CC)Oc2ccccc2)CC1. The molecule has 2 amide bonds. The van der Waals surface area contributed by atoms with Crippen LogP contribution in [0.2, 0.25) is 0 Å². The third-order valence-electron chi connectivity index (χ3n) is 5.76. The highest BCUT2D eigenvalue weighted by Crippen LogP contribution is 2.15. The molecule has 0 unspecified atom stereocenters. The van der Waals surface area contributed by atoms with Gasteiger partial charge in [0.15, 0.2) is 12.2 Å². The Morgan fingerprint density at radius 1 is 0.818 bits per heavy atom. The highest BCUT2D eigenvalue weighted by Gasteiger charge is 2.28.